The van der Waals surface area contributed by atoms with Crippen molar-refractivity contribution < 1.29 is 14.6 Å². The molecular formula is C23H28ClNO3. The van der Waals surface area contributed by atoms with Crippen LogP contribution in [0.15, 0.2) is 60.9 Å². The van der Waals surface area contributed by atoms with E-state index in [1.165, 1.54) is 5.56 Å². The van der Waals surface area contributed by atoms with E-state index >= 15 is 0 Å². The van der Waals surface area contributed by atoms with Crippen LogP contribution in [0.3, 0.4) is 0 Å². The van der Waals surface area contributed by atoms with Crippen LogP contribution >= 0.6 is 12.4 Å². The number of aryl methyl sites for hydroxylation is 1. The van der Waals surface area contributed by atoms with E-state index in [1.54, 1.807) is 0 Å². The summed E-state index contributed by atoms with van der Waals surface area (Å²) in [6.45, 7) is 4.96. The van der Waals surface area contributed by atoms with E-state index in [4.69, 9.17) is 4.74 Å². The average Bonchev–Trinajstić information content (AvgIpc) is 2.70. The Morgan fingerprint density at radius 1 is 1.18 bits per heavy atom. The molecule has 1 saturated heterocycles. The van der Waals surface area contributed by atoms with Crippen molar-refractivity contribution in [3.8, 4) is 0 Å². The molecule has 1 atom stereocenters. The fourth-order valence-corrected chi connectivity index (χ4v) is 3.56. The van der Waals surface area contributed by atoms with Gasteiger partial charge in [0.05, 0.1) is 12.2 Å². The van der Waals surface area contributed by atoms with Crippen molar-refractivity contribution in [2.24, 2.45) is 5.92 Å². The summed E-state index contributed by atoms with van der Waals surface area (Å²) in [6.07, 6.45) is 3.56. The van der Waals surface area contributed by atoms with Gasteiger partial charge in [0.1, 0.15) is 6.61 Å². The predicted octanol–water partition coefficient (Wildman–Crippen LogP) is 4.62. The average molecular weight is 402 g/mol. The van der Waals surface area contributed by atoms with Crippen molar-refractivity contribution in [2.75, 3.05) is 26.2 Å². The molecule has 0 bridgehead atoms. The minimum Gasteiger partial charge on any atom is -0.499 e. The van der Waals surface area contributed by atoms with E-state index in [1.807, 2.05) is 36.6 Å². The summed E-state index contributed by atoms with van der Waals surface area (Å²) in [5, 5.41) is 9.21. The third-order valence-electron chi connectivity index (χ3n) is 5.10. The lowest BCUT2D eigenvalue weighted by molar-refractivity contribution is -0.143. The SMILES string of the molecule is Cc1ccccc1C(=COCCN1CCC[C@@H](C(=O)O)C1)c1ccccc1.Cl. The third kappa shape index (κ3) is 5.85. The van der Waals surface area contributed by atoms with E-state index in [0.29, 0.717) is 13.2 Å². The van der Waals surface area contributed by atoms with Crippen molar-refractivity contribution in [2.45, 2.75) is 19.8 Å². The summed E-state index contributed by atoms with van der Waals surface area (Å²) in [4.78, 5) is 13.4. The molecule has 0 unspecified atom stereocenters. The highest BCUT2D eigenvalue weighted by Gasteiger charge is 2.24. The van der Waals surface area contributed by atoms with Gasteiger partial charge in [0, 0.05) is 18.7 Å². The lowest BCUT2D eigenvalue weighted by atomic mass is 9.95. The maximum atomic E-state index is 11.2. The number of hydrogen-bond acceptors (Lipinski definition) is 3. The summed E-state index contributed by atoms with van der Waals surface area (Å²) in [6, 6.07) is 18.5. The Hall–Kier alpha value is -2.30. The van der Waals surface area contributed by atoms with E-state index in [2.05, 4.69) is 36.1 Å². The summed E-state index contributed by atoms with van der Waals surface area (Å²) < 4.78 is 5.91. The largest absolute Gasteiger partial charge is 0.499 e. The Morgan fingerprint density at radius 2 is 1.89 bits per heavy atom. The molecule has 1 fully saturated rings. The van der Waals surface area contributed by atoms with Crippen molar-refractivity contribution >= 4 is 23.9 Å². The van der Waals surface area contributed by atoms with E-state index in [9.17, 15) is 9.90 Å². The zero-order valence-electron chi connectivity index (χ0n) is 16.2. The second-order valence-corrected chi connectivity index (χ2v) is 7.06. The number of rotatable bonds is 7. The number of ether oxygens (including phenoxy) is 1. The Labute approximate surface area is 173 Å². The first-order valence-electron chi connectivity index (χ1n) is 9.53. The quantitative estimate of drug-likeness (QED) is 0.543. The maximum absolute atomic E-state index is 11.2. The molecule has 1 N–H and O–H groups in total. The van der Waals surface area contributed by atoms with Crippen LogP contribution in [0.25, 0.3) is 5.57 Å². The van der Waals surface area contributed by atoms with E-state index in [0.717, 1.165) is 42.6 Å². The van der Waals surface area contributed by atoms with Crippen LogP contribution in [0.4, 0.5) is 0 Å². The smallest absolute Gasteiger partial charge is 0.307 e. The minimum atomic E-state index is -0.688. The van der Waals surface area contributed by atoms with Gasteiger partial charge < -0.3 is 9.84 Å². The van der Waals surface area contributed by atoms with E-state index in [-0.39, 0.29) is 18.3 Å². The molecule has 2 aromatic carbocycles. The lowest BCUT2D eigenvalue weighted by Crippen LogP contribution is -2.40. The molecule has 1 aliphatic rings. The highest BCUT2D eigenvalue weighted by Crippen LogP contribution is 2.26. The van der Waals surface area contributed by atoms with Gasteiger partial charge in [0.15, 0.2) is 0 Å². The number of nitrogens with zero attached hydrogens (tertiary/aromatic N) is 1. The molecule has 1 heterocycles. The zero-order chi connectivity index (χ0) is 19.1. The Morgan fingerprint density at radius 3 is 2.61 bits per heavy atom. The van der Waals surface area contributed by atoms with Gasteiger partial charge in [-0.2, -0.15) is 0 Å². The molecule has 4 nitrogen and oxygen atoms in total. The first-order chi connectivity index (χ1) is 13.1. The van der Waals surface area contributed by atoms with Crippen LogP contribution in [0, 0.1) is 12.8 Å². The number of carboxylic acid groups (broad SMARTS) is 1. The number of carbonyl (C=O) groups is 1. The number of carboxylic acids is 1. The zero-order valence-corrected chi connectivity index (χ0v) is 17.0. The van der Waals surface area contributed by atoms with Gasteiger partial charge in [-0.1, -0.05) is 54.6 Å². The third-order valence-corrected chi connectivity index (χ3v) is 5.10. The fourth-order valence-electron chi connectivity index (χ4n) is 3.56. The number of aliphatic carboxylic acids is 1. The van der Waals surface area contributed by atoms with Crippen LogP contribution in [0.2, 0.25) is 0 Å². The number of benzene rings is 2. The number of likely N-dealkylation sites (tertiary alicyclic amines) is 1. The molecule has 3 rings (SSSR count). The second-order valence-electron chi connectivity index (χ2n) is 7.06. The highest BCUT2D eigenvalue weighted by atomic mass is 35.5. The van der Waals surface area contributed by atoms with E-state index < -0.39 is 5.97 Å². The van der Waals surface area contributed by atoms with Gasteiger partial charge >= 0.3 is 5.97 Å². The van der Waals surface area contributed by atoms with Crippen molar-refractivity contribution in [3.63, 3.8) is 0 Å². The molecule has 2 aromatic rings. The Kier molecular flexibility index (Phi) is 8.55. The lowest BCUT2D eigenvalue weighted by Gasteiger charge is -2.30. The number of hydrogen-bond donors (Lipinski definition) is 1. The highest BCUT2D eigenvalue weighted by molar-refractivity contribution is 5.85. The van der Waals surface area contributed by atoms with Gasteiger partial charge in [-0.15, -0.1) is 12.4 Å². The number of piperidine rings is 1. The first kappa shape index (κ1) is 22.0. The van der Waals surface area contributed by atoms with Crippen LogP contribution < -0.4 is 0 Å². The molecule has 1 aliphatic heterocycles. The van der Waals surface area contributed by atoms with Gasteiger partial charge in [-0.25, -0.2) is 0 Å². The van der Waals surface area contributed by atoms with Crippen LogP contribution in [-0.4, -0.2) is 42.2 Å². The molecule has 0 aromatic heterocycles. The first-order valence-corrected chi connectivity index (χ1v) is 9.53. The van der Waals surface area contributed by atoms with Crippen molar-refractivity contribution in [3.05, 3.63) is 77.5 Å². The molecule has 0 saturated carbocycles. The molecule has 5 heteroatoms. The van der Waals surface area contributed by atoms with Crippen LogP contribution in [0.5, 0.6) is 0 Å². The van der Waals surface area contributed by atoms with Gasteiger partial charge in [0.2, 0.25) is 0 Å². The summed E-state index contributed by atoms with van der Waals surface area (Å²) >= 11 is 0. The predicted molar refractivity (Wildman–Crippen MR) is 115 cm³/mol. The molecule has 0 aliphatic carbocycles. The van der Waals surface area contributed by atoms with Crippen LogP contribution in [-0.2, 0) is 9.53 Å². The maximum Gasteiger partial charge on any atom is 0.307 e. The van der Waals surface area contributed by atoms with Crippen molar-refractivity contribution in [1.82, 2.24) is 4.90 Å². The monoisotopic (exact) mass is 401 g/mol. The van der Waals surface area contributed by atoms with Gasteiger partial charge in [-0.05, 0) is 43.0 Å². The van der Waals surface area contributed by atoms with Crippen LogP contribution in [0.1, 0.15) is 29.5 Å². The minimum absolute atomic E-state index is 0. The standard InChI is InChI=1S/C23H27NO3.ClH/c1-18-8-5-6-12-21(18)22(19-9-3-2-4-10-19)17-27-15-14-24-13-7-11-20(16-24)23(25)26;/h2-6,8-10,12,17,20H,7,11,13-16H2,1H3,(H,25,26);1H/t20-;/m1./s1. The summed E-state index contributed by atoms with van der Waals surface area (Å²) in [7, 11) is 0. The molecule has 0 spiro atoms. The summed E-state index contributed by atoms with van der Waals surface area (Å²) in [5.41, 5.74) is 4.55. The Bertz CT molecular complexity index is 791. The Balaban J connectivity index is 0.00000280. The van der Waals surface area contributed by atoms with Gasteiger partial charge in [-0.3, -0.25) is 9.69 Å². The molecule has 28 heavy (non-hydrogen) atoms. The summed E-state index contributed by atoms with van der Waals surface area (Å²) in [5.74, 6) is -0.937. The molecule has 0 radical (unpaired) electrons. The molecule has 150 valence electrons. The molecular weight excluding hydrogens is 374 g/mol. The fraction of sp³-hybridized carbons (Fsp3) is 0.348. The second kappa shape index (κ2) is 10.9. The van der Waals surface area contributed by atoms with Crippen molar-refractivity contribution in [1.29, 1.82) is 0 Å². The topological polar surface area (TPSA) is 49.8 Å². The molecule has 0 amide bonds. The number of halogens is 1. The van der Waals surface area contributed by atoms with Gasteiger partial charge in [0.25, 0.3) is 0 Å². The normalized spacial score (nSPS) is 17.6.